The zero-order chi connectivity index (χ0) is 12.7. The van der Waals surface area contributed by atoms with Gasteiger partial charge in [0.15, 0.2) is 0 Å². The maximum absolute atomic E-state index is 11.5. The molecule has 17 heavy (non-hydrogen) atoms. The van der Waals surface area contributed by atoms with Gasteiger partial charge in [-0.1, -0.05) is 30.3 Å². The summed E-state index contributed by atoms with van der Waals surface area (Å²) < 4.78 is 0. The Hall–Kier alpha value is -1.88. The molecule has 0 aliphatic carbocycles. The Morgan fingerprint density at radius 1 is 1.29 bits per heavy atom. The van der Waals surface area contributed by atoms with Gasteiger partial charge < -0.3 is 16.2 Å². The number of hydrogen-bond acceptors (Lipinski definition) is 3. The minimum Gasteiger partial charge on any atom is -0.480 e. The molecule has 4 N–H and O–H groups in total. The Kier molecular flexibility index (Phi) is 5.16. The third kappa shape index (κ3) is 5.12. The van der Waals surface area contributed by atoms with Crippen LogP contribution in [0.2, 0.25) is 0 Å². The summed E-state index contributed by atoms with van der Waals surface area (Å²) in [6, 6.07) is 8.41. The molecule has 0 fully saturated rings. The van der Waals surface area contributed by atoms with Gasteiger partial charge in [0.05, 0.1) is 6.42 Å². The predicted octanol–water partition coefficient (Wildman–Crippen LogP) is 0.147. The minimum atomic E-state index is -1.05. The maximum atomic E-state index is 11.5. The van der Waals surface area contributed by atoms with Gasteiger partial charge in [-0.2, -0.15) is 0 Å². The molecule has 0 saturated heterocycles. The fourth-order valence-electron chi connectivity index (χ4n) is 1.33. The van der Waals surface area contributed by atoms with E-state index in [0.29, 0.717) is 6.42 Å². The molecular formula is C12H16N2O3. The van der Waals surface area contributed by atoms with Gasteiger partial charge in [-0.3, -0.25) is 9.59 Å². The van der Waals surface area contributed by atoms with Gasteiger partial charge >= 0.3 is 5.97 Å². The average molecular weight is 236 g/mol. The summed E-state index contributed by atoms with van der Waals surface area (Å²) in [5.41, 5.74) is 6.23. The molecule has 0 spiro atoms. The van der Waals surface area contributed by atoms with Crippen LogP contribution >= 0.6 is 0 Å². The maximum Gasteiger partial charge on any atom is 0.320 e. The van der Waals surface area contributed by atoms with E-state index in [0.717, 1.165) is 5.56 Å². The third-order valence-corrected chi connectivity index (χ3v) is 2.30. The minimum absolute atomic E-state index is 0.131. The van der Waals surface area contributed by atoms with Crippen molar-refractivity contribution in [2.45, 2.75) is 18.9 Å². The van der Waals surface area contributed by atoms with Crippen LogP contribution in [0.15, 0.2) is 30.3 Å². The number of nitrogens with two attached hydrogens (primary N) is 1. The van der Waals surface area contributed by atoms with Gasteiger partial charge in [0.25, 0.3) is 0 Å². The molecule has 0 radical (unpaired) electrons. The fourth-order valence-corrected chi connectivity index (χ4v) is 1.33. The van der Waals surface area contributed by atoms with Gasteiger partial charge in [0, 0.05) is 6.54 Å². The second-order valence-electron chi connectivity index (χ2n) is 3.75. The molecule has 0 saturated carbocycles. The molecule has 5 heteroatoms. The van der Waals surface area contributed by atoms with Crippen molar-refractivity contribution in [1.29, 1.82) is 0 Å². The Balaban J connectivity index is 2.25. The Bertz CT molecular complexity index is 379. The molecule has 0 aromatic heterocycles. The van der Waals surface area contributed by atoms with Crippen LogP contribution in [0.5, 0.6) is 0 Å². The molecule has 5 nitrogen and oxygen atoms in total. The number of carboxylic acid groups (broad SMARTS) is 1. The highest BCUT2D eigenvalue weighted by Crippen LogP contribution is 1.99. The Labute approximate surface area is 99.6 Å². The van der Waals surface area contributed by atoms with Gasteiger partial charge in [-0.25, -0.2) is 0 Å². The van der Waals surface area contributed by atoms with Crippen molar-refractivity contribution in [3.05, 3.63) is 35.9 Å². The van der Waals surface area contributed by atoms with Gasteiger partial charge in [0.1, 0.15) is 6.04 Å². The first-order valence-electron chi connectivity index (χ1n) is 5.38. The smallest absolute Gasteiger partial charge is 0.320 e. The summed E-state index contributed by atoms with van der Waals surface area (Å²) in [6.07, 6.45) is 0.527. The van der Waals surface area contributed by atoms with Crippen molar-refractivity contribution in [2.75, 3.05) is 6.54 Å². The second kappa shape index (κ2) is 6.65. The number of aliphatic carboxylic acids is 1. The number of hydrogen-bond donors (Lipinski definition) is 3. The van der Waals surface area contributed by atoms with E-state index >= 15 is 0 Å². The summed E-state index contributed by atoms with van der Waals surface area (Å²) in [7, 11) is 0. The highest BCUT2D eigenvalue weighted by Gasteiger charge is 2.11. The van der Waals surface area contributed by atoms with Crippen LogP contribution in [0, 0.1) is 0 Å². The van der Waals surface area contributed by atoms with E-state index in [-0.39, 0.29) is 18.9 Å². The van der Waals surface area contributed by atoms with Crippen molar-refractivity contribution in [1.82, 2.24) is 5.32 Å². The normalized spacial score (nSPS) is 11.8. The predicted molar refractivity (Wildman–Crippen MR) is 63.4 cm³/mol. The van der Waals surface area contributed by atoms with E-state index in [1.807, 2.05) is 30.3 Å². The van der Waals surface area contributed by atoms with Crippen LogP contribution in [0.1, 0.15) is 12.0 Å². The zero-order valence-electron chi connectivity index (χ0n) is 9.43. The lowest BCUT2D eigenvalue weighted by atomic mass is 10.1. The van der Waals surface area contributed by atoms with E-state index in [1.54, 1.807) is 0 Å². The lowest BCUT2D eigenvalue weighted by molar-refractivity contribution is -0.138. The van der Waals surface area contributed by atoms with E-state index in [1.165, 1.54) is 0 Å². The second-order valence-corrected chi connectivity index (χ2v) is 3.75. The standard InChI is InChI=1S/C12H16N2O3/c13-10(12(16)17)6-7-14-11(15)8-9-4-2-1-3-5-9/h1-5,10H,6-8,13H2,(H,14,15)(H,16,17). The molecule has 1 aromatic carbocycles. The highest BCUT2D eigenvalue weighted by atomic mass is 16.4. The highest BCUT2D eigenvalue weighted by molar-refractivity contribution is 5.78. The first kappa shape index (κ1) is 13.2. The Morgan fingerprint density at radius 2 is 1.94 bits per heavy atom. The monoisotopic (exact) mass is 236 g/mol. The summed E-state index contributed by atoms with van der Waals surface area (Å²) in [4.78, 5) is 21.9. The van der Waals surface area contributed by atoms with Gasteiger partial charge in [-0.15, -0.1) is 0 Å². The van der Waals surface area contributed by atoms with Crippen LogP contribution in [-0.2, 0) is 16.0 Å². The number of amides is 1. The SMILES string of the molecule is NC(CCNC(=O)Cc1ccccc1)C(=O)O. The lowest BCUT2D eigenvalue weighted by Crippen LogP contribution is -2.35. The number of rotatable bonds is 6. The molecule has 92 valence electrons. The fraction of sp³-hybridized carbons (Fsp3) is 0.333. The number of nitrogens with one attached hydrogen (secondary N) is 1. The quantitative estimate of drug-likeness (QED) is 0.655. The van der Waals surface area contributed by atoms with E-state index < -0.39 is 12.0 Å². The van der Waals surface area contributed by atoms with Crippen molar-refractivity contribution < 1.29 is 14.7 Å². The molecule has 0 aliphatic heterocycles. The molecule has 1 aromatic rings. The van der Waals surface area contributed by atoms with Crippen LogP contribution in [0.3, 0.4) is 0 Å². The third-order valence-electron chi connectivity index (χ3n) is 2.30. The number of carbonyl (C=O) groups is 2. The molecule has 0 bridgehead atoms. The summed E-state index contributed by atoms with van der Waals surface area (Å²) in [5.74, 6) is -1.18. The molecule has 1 amide bonds. The number of carbonyl (C=O) groups excluding carboxylic acids is 1. The van der Waals surface area contributed by atoms with E-state index in [9.17, 15) is 9.59 Å². The van der Waals surface area contributed by atoms with Crippen molar-refractivity contribution in [2.24, 2.45) is 5.73 Å². The number of carboxylic acids is 1. The van der Waals surface area contributed by atoms with Crippen molar-refractivity contribution in [3.63, 3.8) is 0 Å². The average Bonchev–Trinajstić information content (AvgIpc) is 2.30. The largest absolute Gasteiger partial charge is 0.480 e. The van der Waals surface area contributed by atoms with Crippen LogP contribution in [0.25, 0.3) is 0 Å². The molecule has 1 atom stereocenters. The zero-order valence-corrected chi connectivity index (χ0v) is 9.43. The molecule has 1 rings (SSSR count). The van der Waals surface area contributed by atoms with Crippen LogP contribution in [0.4, 0.5) is 0 Å². The topological polar surface area (TPSA) is 92.4 Å². The molecular weight excluding hydrogens is 220 g/mol. The lowest BCUT2D eigenvalue weighted by Gasteiger charge is -2.07. The van der Waals surface area contributed by atoms with E-state index in [4.69, 9.17) is 10.8 Å². The summed E-state index contributed by atoms with van der Waals surface area (Å²) >= 11 is 0. The van der Waals surface area contributed by atoms with Crippen molar-refractivity contribution in [3.8, 4) is 0 Å². The van der Waals surface area contributed by atoms with Crippen LogP contribution < -0.4 is 11.1 Å². The molecule has 0 heterocycles. The first-order chi connectivity index (χ1) is 8.09. The molecule has 1 unspecified atom stereocenters. The number of benzene rings is 1. The van der Waals surface area contributed by atoms with E-state index in [2.05, 4.69) is 5.32 Å². The van der Waals surface area contributed by atoms with Crippen LogP contribution in [-0.4, -0.2) is 29.6 Å². The molecule has 0 aliphatic rings. The van der Waals surface area contributed by atoms with Gasteiger partial charge in [-0.05, 0) is 12.0 Å². The summed E-state index contributed by atoms with van der Waals surface area (Å²) in [5, 5.41) is 11.2. The Morgan fingerprint density at radius 3 is 2.53 bits per heavy atom. The van der Waals surface area contributed by atoms with Crippen molar-refractivity contribution >= 4 is 11.9 Å². The first-order valence-corrected chi connectivity index (χ1v) is 5.38. The summed E-state index contributed by atoms with van der Waals surface area (Å²) in [6.45, 7) is 0.277. The van der Waals surface area contributed by atoms with Gasteiger partial charge in [0.2, 0.25) is 5.91 Å².